The average molecular weight is 284 g/mol. The topological polar surface area (TPSA) is 61.7 Å². The van der Waals surface area contributed by atoms with Crippen LogP contribution in [0.5, 0.6) is 5.75 Å². The Bertz CT molecular complexity index is 591. The maximum Gasteiger partial charge on any atom is 0.243 e. The zero-order valence-corrected chi connectivity index (χ0v) is 12.0. The van der Waals surface area contributed by atoms with Gasteiger partial charge in [0.25, 0.3) is 0 Å². The van der Waals surface area contributed by atoms with Crippen molar-refractivity contribution in [2.45, 2.75) is 32.1 Å². The number of phenolic OH excluding ortho intramolecular Hbond substituents is 1. The third-order valence-electron chi connectivity index (χ3n) is 5.35. The van der Waals surface area contributed by atoms with Gasteiger partial charge in [-0.05, 0) is 61.5 Å². The van der Waals surface area contributed by atoms with Gasteiger partial charge in [-0.1, -0.05) is 12.1 Å². The van der Waals surface area contributed by atoms with Crippen LogP contribution in [0.15, 0.2) is 29.4 Å². The van der Waals surface area contributed by atoms with Gasteiger partial charge in [0.15, 0.2) is 0 Å². The minimum atomic E-state index is 0.0560. The van der Waals surface area contributed by atoms with Crippen LogP contribution in [-0.4, -0.2) is 17.2 Å². The second-order valence-corrected chi connectivity index (χ2v) is 6.71. The molecular formula is C17H20N2O2. The molecule has 3 aliphatic rings. The van der Waals surface area contributed by atoms with Crippen LogP contribution in [-0.2, 0) is 4.79 Å². The smallest absolute Gasteiger partial charge is 0.243 e. The third-order valence-corrected chi connectivity index (χ3v) is 5.35. The van der Waals surface area contributed by atoms with Crippen molar-refractivity contribution in [1.82, 2.24) is 5.43 Å². The number of carbonyl (C=O) groups excluding carboxylic acids is 1. The minimum Gasteiger partial charge on any atom is -0.507 e. The first kappa shape index (κ1) is 12.9. The zero-order chi connectivity index (χ0) is 14.4. The van der Waals surface area contributed by atoms with E-state index in [4.69, 9.17) is 0 Å². The maximum absolute atomic E-state index is 12.3. The fraction of sp³-hybridized carbons (Fsp3) is 0.529. The highest BCUT2D eigenvalue weighted by Crippen LogP contribution is 2.74. The predicted octanol–water partition coefficient (Wildman–Crippen LogP) is 2.67. The first-order chi connectivity index (χ1) is 10.2. The number of carbonyl (C=O) groups is 1. The molecule has 0 bridgehead atoms. The Morgan fingerprint density at radius 3 is 2.52 bits per heavy atom. The van der Waals surface area contributed by atoms with Gasteiger partial charge >= 0.3 is 0 Å². The molecule has 1 atom stereocenters. The first-order valence-corrected chi connectivity index (χ1v) is 7.83. The molecule has 21 heavy (non-hydrogen) atoms. The van der Waals surface area contributed by atoms with Crippen molar-refractivity contribution in [3.63, 3.8) is 0 Å². The molecule has 2 N–H and O–H groups in total. The zero-order valence-electron chi connectivity index (χ0n) is 12.0. The van der Waals surface area contributed by atoms with E-state index >= 15 is 0 Å². The molecule has 1 unspecified atom stereocenters. The number of nitrogens with one attached hydrogen (secondary N) is 1. The SMILES string of the molecule is O=C(N/N=C/c1ccccc1O)C1CC1(C1CC1)C1CC1. The second-order valence-electron chi connectivity index (χ2n) is 6.71. The molecule has 3 saturated carbocycles. The number of aromatic hydroxyl groups is 1. The van der Waals surface area contributed by atoms with Gasteiger partial charge in [-0.2, -0.15) is 5.10 Å². The first-order valence-electron chi connectivity index (χ1n) is 7.83. The van der Waals surface area contributed by atoms with Crippen LogP contribution >= 0.6 is 0 Å². The Balaban J connectivity index is 1.38. The lowest BCUT2D eigenvalue weighted by atomic mass is 9.91. The van der Waals surface area contributed by atoms with Gasteiger partial charge in [0, 0.05) is 11.5 Å². The summed E-state index contributed by atoms with van der Waals surface area (Å²) in [6.07, 6.45) is 7.79. The third kappa shape index (κ3) is 2.23. The van der Waals surface area contributed by atoms with Gasteiger partial charge in [0.1, 0.15) is 5.75 Å². The summed E-state index contributed by atoms with van der Waals surface area (Å²) in [5, 5.41) is 13.6. The van der Waals surface area contributed by atoms with Crippen LogP contribution in [0.1, 0.15) is 37.7 Å². The molecule has 0 saturated heterocycles. The largest absolute Gasteiger partial charge is 0.507 e. The van der Waals surface area contributed by atoms with Gasteiger partial charge < -0.3 is 5.11 Å². The number of amides is 1. The summed E-state index contributed by atoms with van der Waals surface area (Å²) in [6.45, 7) is 0. The van der Waals surface area contributed by atoms with Crippen molar-refractivity contribution in [3.05, 3.63) is 29.8 Å². The highest BCUT2D eigenvalue weighted by Gasteiger charge is 2.70. The van der Waals surface area contributed by atoms with Gasteiger partial charge in [0.05, 0.1) is 6.21 Å². The molecule has 0 aliphatic heterocycles. The van der Waals surface area contributed by atoms with Crippen molar-refractivity contribution < 1.29 is 9.90 Å². The van der Waals surface area contributed by atoms with Gasteiger partial charge in [0.2, 0.25) is 5.91 Å². The van der Waals surface area contributed by atoms with Gasteiger partial charge in [-0.3, -0.25) is 4.79 Å². The van der Waals surface area contributed by atoms with Gasteiger partial charge in [-0.25, -0.2) is 5.43 Å². The predicted molar refractivity (Wildman–Crippen MR) is 79.8 cm³/mol. The molecule has 1 aromatic rings. The van der Waals surface area contributed by atoms with Crippen LogP contribution in [0, 0.1) is 23.2 Å². The van der Waals surface area contributed by atoms with E-state index in [0.29, 0.717) is 11.0 Å². The van der Waals surface area contributed by atoms with Crippen LogP contribution in [0.4, 0.5) is 0 Å². The fourth-order valence-electron chi connectivity index (χ4n) is 3.95. The molecule has 0 radical (unpaired) electrons. The standard InChI is InChI=1S/C17H20N2O2/c20-15-4-2-1-3-11(15)10-18-19-16(21)14-9-17(14,12-5-6-12)13-7-8-13/h1-4,10,12-14,20H,5-9H2,(H,19,21)/b18-10+. The van der Waals surface area contributed by atoms with Crippen LogP contribution in [0.25, 0.3) is 0 Å². The van der Waals surface area contributed by atoms with Crippen molar-refractivity contribution >= 4 is 12.1 Å². The summed E-state index contributed by atoms with van der Waals surface area (Å²) >= 11 is 0. The van der Waals surface area contributed by atoms with Crippen molar-refractivity contribution in [3.8, 4) is 5.75 Å². The summed E-state index contributed by atoms with van der Waals surface area (Å²) in [7, 11) is 0. The molecule has 4 heteroatoms. The molecule has 0 aromatic heterocycles. The highest BCUT2D eigenvalue weighted by molar-refractivity contribution is 5.87. The van der Waals surface area contributed by atoms with Gasteiger partial charge in [-0.15, -0.1) is 0 Å². The Morgan fingerprint density at radius 2 is 1.90 bits per heavy atom. The molecule has 4 nitrogen and oxygen atoms in total. The molecule has 110 valence electrons. The number of benzene rings is 1. The van der Waals surface area contributed by atoms with Crippen molar-refractivity contribution in [1.29, 1.82) is 0 Å². The number of hydrogen-bond donors (Lipinski definition) is 2. The molecule has 4 rings (SSSR count). The summed E-state index contributed by atoms with van der Waals surface area (Å²) in [4.78, 5) is 12.3. The maximum atomic E-state index is 12.3. The monoisotopic (exact) mass is 284 g/mol. The summed E-state index contributed by atoms with van der Waals surface area (Å²) in [5.74, 6) is 1.98. The van der Waals surface area contributed by atoms with E-state index in [9.17, 15) is 9.90 Å². The molecule has 1 aromatic carbocycles. The fourth-order valence-corrected chi connectivity index (χ4v) is 3.95. The molecular weight excluding hydrogens is 264 g/mol. The molecule has 1 amide bonds. The van der Waals surface area contributed by atoms with Crippen LogP contribution < -0.4 is 5.43 Å². The van der Waals surface area contributed by atoms with E-state index in [1.807, 2.05) is 6.07 Å². The van der Waals surface area contributed by atoms with E-state index in [1.54, 1.807) is 18.2 Å². The lowest BCUT2D eigenvalue weighted by Crippen LogP contribution is -2.25. The van der Waals surface area contributed by atoms with Crippen molar-refractivity contribution in [2.75, 3.05) is 0 Å². The molecule has 3 fully saturated rings. The summed E-state index contributed by atoms with van der Waals surface area (Å²) < 4.78 is 0. The van der Waals surface area contributed by atoms with Crippen LogP contribution in [0.3, 0.4) is 0 Å². The van der Waals surface area contributed by atoms with E-state index in [1.165, 1.54) is 31.9 Å². The number of para-hydroxylation sites is 1. The highest BCUT2D eigenvalue weighted by atomic mass is 16.3. The Kier molecular flexibility index (Phi) is 2.81. The molecule has 0 spiro atoms. The van der Waals surface area contributed by atoms with E-state index < -0.39 is 0 Å². The summed E-state index contributed by atoms with van der Waals surface area (Å²) in [5.41, 5.74) is 3.60. The van der Waals surface area contributed by atoms with Crippen LogP contribution in [0.2, 0.25) is 0 Å². The quantitative estimate of drug-likeness (QED) is 0.645. The summed E-state index contributed by atoms with van der Waals surface area (Å²) in [6, 6.07) is 6.96. The van der Waals surface area contributed by atoms with E-state index in [2.05, 4.69) is 10.5 Å². The Morgan fingerprint density at radius 1 is 1.24 bits per heavy atom. The average Bonchev–Trinajstić information content (AvgIpc) is 3.34. The Hall–Kier alpha value is -1.84. The molecule has 0 heterocycles. The number of nitrogens with zero attached hydrogens (tertiary/aromatic N) is 1. The van der Waals surface area contributed by atoms with E-state index in [0.717, 1.165) is 18.3 Å². The lowest BCUT2D eigenvalue weighted by molar-refractivity contribution is -0.123. The Labute approximate surface area is 124 Å². The van der Waals surface area contributed by atoms with E-state index in [-0.39, 0.29) is 17.6 Å². The lowest BCUT2D eigenvalue weighted by Gasteiger charge is -2.14. The molecule has 3 aliphatic carbocycles. The number of phenols is 1. The number of rotatable bonds is 5. The van der Waals surface area contributed by atoms with Crippen molar-refractivity contribution in [2.24, 2.45) is 28.3 Å². The number of hydrogen-bond acceptors (Lipinski definition) is 3. The number of hydrazone groups is 1. The minimum absolute atomic E-state index is 0.0560. The second kappa shape index (κ2) is 4.58. The normalized spacial score (nSPS) is 26.8.